The normalized spacial score (nSPS) is 13.8. The van der Waals surface area contributed by atoms with Crippen LogP contribution in [0.25, 0.3) is 0 Å². The molecule has 0 saturated carbocycles. The van der Waals surface area contributed by atoms with Gasteiger partial charge in [-0.05, 0) is 43.3 Å². The van der Waals surface area contributed by atoms with E-state index in [2.05, 4.69) is 25.2 Å². The first-order valence-electron chi connectivity index (χ1n) is 10.00. The molecule has 4 rings (SSSR count). The number of aromatic nitrogens is 3. The van der Waals surface area contributed by atoms with Crippen LogP contribution in [0.5, 0.6) is 5.75 Å². The summed E-state index contributed by atoms with van der Waals surface area (Å²) in [4.78, 5) is 29.7. The van der Waals surface area contributed by atoms with Gasteiger partial charge in [0.1, 0.15) is 29.5 Å². The van der Waals surface area contributed by atoms with Gasteiger partial charge >= 0.3 is 0 Å². The maximum absolute atomic E-state index is 12.8. The minimum absolute atomic E-state index is 0.0397. The lowest BCUT2D eigenvalue weighted by Gasteiger charge is -2.35. The van der Waals surface area contributed by atoms with Crippen molar-refractivity contribution < 1.29 is 9.53 Å². The smallest absolute Gasteiger partial charge is 0.253 e. The molecule has 0 radical (unpaired) electrons. The van der Waals surface area contributed by atoms with Gasteiger partial charge in [-0.25, -0.2) is 15.0 Å². The molecule has 0 atom stereocenters. The Kier molecular flexibility index (Phi) is 6.03. The number of nitrogens with one attached hydrogen (secondary N) is 1. The average molecular weight is 404 g/mol. The summed E-state index contributed by atoms with van der Waals surface area (Å²) < 4.78 is 5.44. The van der Waals surface area contributed by atoms with Crippen molar-refractivity contribution in [3.8, 4) is 5.75 Å². The molecule has 0 aliphatic carbocycles. The Balaban J connectivity index is 1.36. The fourth-order valence-electron chi connectivity index (χ4n) is 3.34. The molecule has 8 nitrogen and oxygen atoms in total. The third kappa shape index (κ3) is 4.65. The van der Waals surface area contributed by atoms with Crippen LogP contribution in [0.15, 0.2) is 61.1 Å². The number of nitrogens with zero attached hydrogens (tertiary/aromatic N) is 5. The van der Waals surface area contributed by atoms with E-state index in [0.717, 1.165) is 17.4 Å². The van der Waals surface area contributed by atoms with E-state index in [1.54, 1.807) is 6.20 Å². The molecule has 8 heteroatoms. The van der Waals surface area contributed by atoms with E-state index in [9.17, 15) is 4.79 Å². The SMILES string of the molecule is CCOc1ccc(C(=O)N2CCN(c3cc(Nc4ccccn4)ncn3)CC2)cc1. The molecule has 30 heavy (non-hydrogen) atoms. The van der Waals surface area contributed by atoms with Gasteiger partial charge in [-0.2, -0.15) is 0 Å². The predicted octanol–water partition coefficient (Wildman–Crippen LogP) is 2.98. The molecule has 3 heterocycles. The van der Waals surface area contributed by atoms with Crippen LogP contribution in [0.1, 0.15) is 17.3 Å². The number of carbonyl (C=O) groups excluding carboxylic acids is 1. The van der Waals surface area contributed by atoms with Crippen molar-refractivity contribution in [2.24, 2.45) is 0 Å². The fourth-order valence-corrected chi connectivity index (χ4v) is 3.34. The van der Waals surface area contributed by atoms with E-state index < -0.39 is 0 Å². The van der Waals surface area contributed by atoms with Gasteiger partial charge in [0, 0.05) is 44.0 Å². The number of hydrogen-bond donors (Lipinski definition) is 1. The van der Waals surface area contributed by atoms with Gasteiger partial charge in [-0.1, -0.05) is 6.07 Å². The Morgan fingerprint density at radius 3 is 2.50 bits per heavy atom. The van der Waals surface area contributed by atoms with Gasteiger partial charge in [0.2, 0.25) is 0 Å². The van der Waals surface area contributed by atoms with Crippen LogP contribution in [-0.4, -0.2) is 58.5 Å². The van der Waals surface area contributed by atoms with Gasteiger partial charge in [0.25, 0.3) is 5.91 Å². The predicted molar refractivity (Wildman–Crippen MR) is 115 cm³/mol. The van der Waals surface area contributed by atoms with Crippen molar-refractivity contribution in [2.45, 2.75) is 6.92 Å². The molecule has 2 aromatic heterocycles. The Labute approximate surface area is 175 Å². The summed E-state index contributed by atoms with van der Waals surface area (Å²) in [6.07, 6.45) is 3.27. The van der Waals surface area contributed by atoms with Crippen molar-refractivity contribution in [3.63, 3.8) is 0 Å². The molecule has 0 bridgehead atoms. The Morgan fingerprint density at radius 2 is 1.80 bits per heavy atom. The lowest BCUT2D eigenvalue weighted by Crippen LogP contribution is -2.49. The third-order valence-electron chi connectivity index (χ3n) is 4.88. The highest BCUT2D eigenvalue weighted by Crippen LogP contribution is 2.20. The molecule has 1 amide bonds. The van der Waals surface area contributed by atoms with E-state index in [0.29, 0.717) is 44.2 Å². The van der Waals surface area contributed by atoms with Crippen LogP contribution in [0, 0.1) is 0 Å². The minimum atomic E-state index is 0.0397. The van der Waals surface area contributed by atoms with Crippen LogP contribution in [0.4, 0.5) is 17.5 Å². The number of anilines is 3. The Morgan fingerprint density at radius 1 is 1.00 bits per heavy atom. The number of carbonyl (C=O) groups is 1. The highest BCUT2D eigenvalue weighted by molar-refractivity contribution is 5.94. The Hall–Kier alpha value is -3.68. The largest absolute Gasteiger partial charge is 0.494 e. The van der Waals surface area contributed by atoms with Gasteiger partial charge in [-0.3, -0.25) is 4.79 Å². The topological polar surface area (TPSA) is 83.5 Å². The molecular formula is C22H24N6O2. The lowest BCUT2D eigenvalue weighted by atomic mass is 10.1. The first-order chi connectivity index (χ1) is 14.7. The Bertz CT molecular complexity index is 972. The molecule has 0 unspecified atom stereocenters. The van der Waals surface area contributed by atoms with Crippen LogP contribution in [-0.2, 0) is 0 Å². The summed E-state index contributed by atoms with van der Waals surface area (Å²) in [5, 5.41) is 3.18. The number of hydrogen-bond acceptors (Lipinski definition) is 7. The van der Waals surface area contributed by atoms with Crippen molar-refractivity contribution in [1.82, 2.24) is 19.9 Å². The zero-order chi connectivity index (χ0) is 20.8. The monoisotopic (exact) mass is 404 g/mol. The van der Waals surface area contributed by atoms with Crippen LogP contribution in [0.3, 0.4) is 0 Å². The lowest BCUT2D eigenvalue weighted by molar-refractivity contribution is 0.0746. The second-order valence-corrected chi connectivity index (χ2v) is 6.84. The maximum Gasteiger partial charge on any atom is 0.253 e. The second kappa shape index (κ2) is 9.21. The van der Waals surface area contributed by atoms with Crippen molar-refractivity contribution in [2.75, 3.05) is 43.0 Å². The maximum atomic E-state index is 12.8. The van der Waals surface area contributed by atoms with Gasteiger partial charge < -0.3 is 19.9 Å². The van der Waals surface area contributed by atoms with E-state index in [1.165, 1.54) is 6.33 Å². The molecule has 3 aromatic rings. The van der Waals surface area contributed by atoms with Crippen molar-refractivity contribution in [1.29, 1.82) is 0 Å². The summed E-state index contributed by atoms with van der Waals surface area (Å²) >= 11 is 0. The van der Waals surface area contributed by atoms with E-state index in [1.807, 2.05) is 60.4 Å². The number of pyridine rings is 1. The molecule has 1 aliphatic rings. The molecule has 1 aliphatic heterocycles. The van der Waals surface area contributed by atoms with E-state index in [-0.39, 0.29) is 5.91 Å². The number of piperazine rings is 1. The molecule has 1 fully saturated rings. The van der Waals surface area contributed by atoms with Gasteiger partial charge in [0.15, 0.2) is 0 Å². The average Bonchev–Trinajstić information content (AvgIpc) is 2.80. The van der Waals surface area contributed by atoms with Gasteiger partial charge in [-0.15, -0.1) is 0 Å². The summed E-state index contributed by atoms with van der Waals surface area (Å²) in [5.74, 6) is 3.06. The second-order valence-electron chi connectivity index (χ2n) is 6.84. The number of ether oxygens (including phenoxy) is 1. The van der Waals surface area contributed by atoms with E-state index >= 15 is 0 Å². The third-order valence-corrected chi connectivity index (χ3v) is 4.88. The first kappa shape index (κ1) is 19.6. The first-order valence-corrected chi connectivity index (χ1v) is 10.00. The quantitative estimate of drug-likeness (QED) is 0.676. The van der Waals surface area contributed by atoms with Crippen molar-refractivity contribution in [3.05, 3.63) is 66.6 Å². The van der Waals surface area contributed by atoms with Crippen molar-refractivity contribution >= 4 is 23.4 Å². The zero-order valence-corrected chi connectivity index (χ0v) is 16.9. The molecule has 154 valence electrons. The number of amides is 1. The minimum Gasteiger partial charge on any atom is -0.494 e. The van der Waals surface area contributed by atoms with Gasteiger partial charge in [0.05, 0.1) is 6.61 Å². The molecule has 0 spiro atoms. The van der Waals surface area contributed by atoms with Crippen LogP contribution < -0.4 is 15.0 Å². The summed E-state index contributed by atoms with van der Waals surface area (Å²) in [5.41, 5.74) is 0.677. The highest BCUT2D eigenvalue weighted by Gasteiger charge is 2.23. The number of benzene rings is 1. The highest BCUT2D eigenvalue weighted by atomic mass is 16.5. The number of rotatable bonds is 6. The molecule has 1 saturated heterocycles. The fraction of sp³-hybridized carbons (Fsp3) is 0.273. The standard InChI is InChI=1S/C22H24N6O2/c1-2-30-18-8-6-17(7-9-18)22(29)28-13-11-27(12-14-28)21-15-20(24-16-25-21)26-19-5-3-4-10-23-19/h3-10,15-16H,2,11-14H2,1H3,(H,23,24,25,26). The zero-order valence-electron chi connectivity index (χ0n) is 16.9. The summed E-state index contributed by atoms with van der Waals surface area (Å²) in [6.45, 7) is 5.24. The van der Waals surface area contributed by atoms with Crippen LogP contribution >= 0.6 is 0 Å². The van der Waals surface area contributed by atoms with Crippen LogP contribution in [0.2, 0.25) is 0 Å². The van der Waals surface area contributed by atoms with E-state index in [4.69, 9.17) is 4.74 Å². The molecular weight excluding hydrogens is 380 g/mol. The molecule has 1 N–H and O–H groups in total. The summed E-state index contributed by atoms with van der Waals surface area (Å²) in [7, 11) is 0. The summed E-state index contributed by atoms with van der Waals surface area (Å²) in [6, 6.07) is 14.9. The molecule has 1 aromatic carbocycles.